The normalized spacial score (nSPS) is 10.8. The van der Waals surface area contributed by atoms with Gasteiger partial charge >= 0.3 is 5.97 Å². The van der Waals surface area contributed by atoms with Crippen LogP contribution >= 0.6 is 0 Å². The molecule has 0 aliphatic carbocycles. The zero-order valence-electron chi connectivity index (χ0n) is 31.9. The molecule has 0 radical (unpaired) electrons. The van der Waals surface area contributed by atoms with Crippen molar-refractivity contribution in [3.05, 3.63) is 121 Å². The highest BCUT2D eigenvalue weighted by atomic mass is 16.5. The number of anilines is 2. The molecular weight excluding hydrogens is 693 g/mol. The van der Waals surface area contributed by atoms with Crippen LogP contribution in [-0.4, -0.2) is 66.4 Å². The van der Waals surface area contributed by atoms with E-state index in [1.54, 1.807) is 17.3 Å². The van der Waals surface area contributed by atoms with Gasteiger partial charge in [0.15, 0.2) is 0 Å². The fourth-order valence-corrected chi connectivity index (χ4v) is 6.17. The molecule has 11 heteroatoms. The van der Waals surface area contributed by atoms with Crippen LogP contribution in [0.25, 0.3) is 0 Å². The molecule has 2 aromatic carbocycles. The lowest BCUT2D eigenvalue weighted by Gasteiger charge is -2.22. The van der Waals surface area contributed by atoms with Crippen LogP contribution < -0.4 is 20.9 Å². The second-order valence-corrected chi connectivity index (χ2v) is 13.5. The summed E-state index contributed by atoms with van der Waals surface area (Å²) in [6.45, 7) is 1.37. The van der Waals surface area contributed by atoms with Gasteiger partial charge in [-0.25, -0.2) is 9.97 Å². The number of hydrogen-bond acceptors (Lipinski definition) is 8. The van der Waals surface area contributed by atoms with Gasteiger partial charge in [-0.3, -0.25) is 19.2 Å². The van der Waals surface area contributed by atoms with Crippen LogP contribution in [0.15, 0.2) is 109 Å². The number of pyridine rings is 2. The Kier molecular flexibility index (Phi) is 19.5. The molecule has 0 aliphatic rings. The van der Waals surface area contributed by atoms with Crippen molar-refractivity contribution in [1.82, 2.24) is 25.9 Å². The Morgan fingerprint density at radius 1 is 0.527 bits per heavy atom. The molecule has 3 N–H and O–H groups in total. The van der Waals surface area contributed by atoms with E-state index in [0.29, 0.717) is 24.7 Å². The Labute approximate surface area is 325 Å². The standard InChI is InChI=1S/C44H56N6O5/c51-41(27-28-44(54)55-35-38(36-21-11-9-12-22-36)37-23-13-10-14-24-37)47-31-17-7-5-3-1-2-4-6-8-18-32-48-42(52)33-49-43(53)34-50(39-25-15-19-29-45-39)40-26-16-20-30-46-40/h9-16,19-26,29-30,38H,1-8,17-18,27-28,31-35H2,(H,47,51)(H,48,52)(H,49,53). The van der Waals surface area contributed by atoms with E-state index in [2.05, 4.69) is 25.9 Å². The zero-order chi connectivity index (χ0) is 38.8. The summed E-state index contributed by atoms with van der Waals surface area (Å²) in [7, 11) is 0. The fourth-order valence-electron chi connectivity index (χ4n) is 6.17. The SMILES string of the molecule is O=C(CCC(=O)OCC(c1ccccc1)c1ccccc1)NCCCCCCCCCCCCNC(=O)CNC(=O)CN(c1ccccn1)c1ccccn1. The molecule has 11 nitrogen and oxygen atoms in total. The Bertz CT molecular complexity index is 1600. The summed E-state index contributed by atoms with van der Waals surface area (Å²) >= 11 is 0. The summed E-state index contributed by atoms with van der Waals surface area (Å²) < 4.78 is 5.59. The lowest BCUT2D eigenvalue weighted by Crippen LogP contribution is -2.41. The third kappa shape index (κ3) is 17.0. The number of rotatable bonds is 26. The maximum Gasteiger partial charge on any atom is 0.306 e. The second kappa shape index (κ2) is 25.4. The number of ether oxygens (including phenoxy) is 1. The van der Waals surface area contributed by atoms with Gasteiger partial charge in [0.2, 0.25) is 17.7 Å². The van der Waals surface area contributed by atoms with E-state index < -0.39 is 0 Å². The van der Waals surface area contributed by atoms with Crippen molar-refractivity contribution in [2.24, 2.45) is 0 Å². The van der Waals surface area contributed by atoms with Crippen molar-refractivity contribution in [3.8, 4) is 0 Å². The number of nitrogens with one attached hydrogen (secondary N) is 3. The molecule has 0 saturated heterocycles. The third-order valence-corrected chi connectivity index (χ3v) is 9.22. The summed E-state index contributed by atoms with van der Waals surface area (Å²) in [5, 5.41) is 8.51. The smallest absolute Gasteiger partial charge is 0.306 e. The van der Waals surface area contributed by atoms with E-state index in [0.717, 1.165) is 49.7 Å². The summed E-state index contributed by atoms with van der Waals surface area (Å²) in [5.41, 5.74) is 2.17. The lowest BCUT2D eigenvalue weighted by atomic mass is 9.92. The highest BCUT2D eigenvalue weighted by Crippen LogP contribution is 2.25. The van der Waals surface area contributed by atoms with Crippen LogP contribution in [0, 0.1) is 0 Å². The van der Waals surface area contributed by atoms with Gasteiger partial charge in [0.1, 0.15) is 24.8 Å². The first kappa shape index (κ1) is 42.2. The number of unbranched alkanes of at least 4 members (excludes halogenated alkanes) is 9. The molecule has 0 saturated carbocycles. The average molecular weight is 749 g/mol. The Hall–Kier alpha value is -5.58. The van der Waals surface area contributed by atoms with Gasteiger partial charge in [0, 0.05) is 37.8 Å². The molecule has 4 rings (SSSR count). The van der Waals surface area contributed by atoms with E-state index in [4.69, 9.17) is 4.74 Å². The number of carbonyl (C=O) groups is 4. The van der Waals surface area contributed by atoms with Gasteiger partial charge in [-0.15, -0.1) is 0 Å². The molecular formula is C44H56N6O5. The minimum Gasteiger partial charge on any atom is -0.465 e. The number of benzene rings is 2. The van der Waals surface area contributed by atoms with Crippen LogP contribution in [0.2, 0.25) is 0 Å². The minimum absolute atomic E-state index is 0.00617. The molecule has 4 aromatic rings. The van der Waals surface area contributed by atoms with Crippen LogP contribution in [0.3, 0.4) is 0 Å². The molecule has 0 fully saturated rings. The monoisotopic (exact) mass is 748 g/mol. The van der Waals surface area contributed by atoms with Gasteiger partial charge < -0.3 is 25.6 Å². The number of amides is 3. The van der Waals surface area contributed by atoms with E-state index >= 15 is 0 Å². The molecule has 0 aliphatic heterocycles. The predicted molar refractivity (Wildman–Crippen MR) is 216 cm³/mol. The van der Waals surface area contributed by atoms with Gasteiger partial charge in [-0.05, 0) is 48.2 Å². The van der Waals surface area contributed by atoms with Gasteiger partial charge in [-0.1, -0.05) is 124 Å². The van der Waals surface area contributed by atoms with Crippen LogP contribution in [0.4, 0.5) is 11.6 Å². The molecule has 2 aromatic heterocycles. The zero-order valence-corrected chi connectivity index (χ0v) is 31.9. The summed E-state index contributed by atoms with van der Waals surface area (Å²) in [6, 6.07) is 30.9. The Morgan fingerprint density at radius 3 is 1.49 bits per heavy atom. The number of aromatic nitrogens is 2. The second-order valence-electron chi connectivity index (χ2n) is 13.5. The van der Waals surface area contributed by atoms with Gasteiger partial charge in [0.05, 0.1) is 13.0 Å². The van der Waals surface area contributed by atoms with Gasteiger partial charge in [0.25, 0.3) is 0 Å². The van der Waals surface area contributed by atoms with Crippen LogP contribution in [0.1, 0.15) is 94.1 Å². The third-order valence-electron chi connectivity index (χ3n) is 9.22. The molecule has 2 heterocycles. The van der Waals surface area contributed by atoms with Crippen molar-refractivity contribution < 1.29 is 23.9 Å². The first-order valence-corrected chi connectivity index (χ1v) is 19.6. The minimum atomic E-state index is -0.361. The summed E-state index contributed by atoms with van der Waals surface area (Å²) in [4.78, 5) is 60.0. The molecule has 0 unspecified atom stereocenters. The van der Waals surface area contributed by atoms with Crippen molar-refractivity contribution >= 4 is 35.3 Å². The number of hydrogen-bond donors (Lipinski definition) is 3. The molecule has 0 atom stereocenters. The molecule has 3 amide bonds. The largest absolute Gasteiger partial charge is 0.465 e. The van der Waals surface area contributed by atoms with E-state index in [-0.39, 0.29) is 62.1 Å². The summed E-state index contributed by atoms with van der Waals surface area (Å²) in [6.07, 6.45) is 14.5. The van der Waals surface area contributed by atoms with E-state index in [9.17, 15) is 19.2 Å². The van der Waals surface area contributed by atoms with Crippen molar-refractivity contribution in [2.45, 2.75) is 83.0 Å². The summed E-state index contributed by atoms with van der Waals surface area (Å²) in [5.74, 6) is 0.164. The Morgan fingerprint density at radius 2 is 1.00 bits per heavy atom. The molecule has 55 heavy (non-hydrogen) atoms. The Balaban J connectivity index is 0.928. The quantitative estimate of drug-likeness (QED) is 0.0460. The first-order valence-electron chi connectivity index (χ1n) is 19.6. The maximum atomic E-state index is 12.6. The number of nitrogens with zero attached hydrogens (tertiary/aromatic N) is 3. The highest BCUT2D eigenvalue weighted by Gasteiger charge is 2.18. The fraction of sp³-hybridized carbons (Fsp3) is 0.409. The van der Waals surface area contributed by atoms with Crippen molar-refractivity contribution in [1.29, 1.82) is 0 Å². The van der Waals surface area contributed by atoms with Crippen molar-refractivity contribution in [3.63, 3.8) is 0 Å². The molecule has 0 bridgehead atoms. The maximum absolute atomic E-state index is 12.6. The molecule has 0 spiro atoms. The number of carbonyl (C=O) groups excluding carboxylic acids is 4. The van der Waals surface area contributed by atoms with E-state index in [1.165, 1.54) is 25.7 Å². The average Bonchev–Trinajstić information content (AvgIpc) is 3.23. The lowest BCUT2D eigenvalue weighted by molar-refractivity contribution is -0.145. The predicted octanol–water partition coefficient (Wildman–Crippen LogP) is 7.02. The van der Waals surface area contributed by atoms with Gasteiger partial charge in [-0.2, -0.15) is 0 Å². The van der Waals surface area contributed by atoms with Crippen LogP contribution in [-0.2, 0) is 23.9 Å². The highest BCUT2D eigenvalue weighted by molar-refractivity contribution is 5.88. The van der Waals surface area contributed by atoms with Crippen LogP contribution in [0.5, 0.6) is 0 Å². The number of esters is 1. The topological polar surface area (TPSA) is 143 Å². The molecule has 292 valence electrons. The van der Waals surface area contributed by atoms with E-state index in [1.807, 2.05) is 97.1 Å². The first-order chi connectivity index (χ1) is 27.0. The van der Waals surface area contributed by atoms with Crippen molar-refractivity contribution in [2.75, 3.05) is 37.7 Å².